The second-order valence-corrected chi connectivity index (χ2v) is 14.4. The van der Waals surface area contributed by atoms with Crippen LogP contribution in [-0.2, 0) is 21.6 Å². The van der Waals surface area contributed by atoms with Crippen LogP contribution in [0.15, 0.2) is 66.2 Å². The van der Waals surface area contributed by atoms with Crippen molar-refractivity contribution >= 4 is 75.4 Å². The molecule has 8 rings (SSSR count). The van der Waals surface area contributed by atoms with E-state index in [0.717, 1.165) is 31.8 Å². The average molecular weight is 727 g/mol. The van der Waals surface area contributed by atoms with Crippen molar-refractivity contribution in [1.29, 1.82) is 0 Å². The van der Waals surface area contributed by atoms with Crippen LogP contribution in [0.25, 0.3) is 6.08 Å². The number of amides is 4. The van der Waals surface area contributed by atoms with Crippen LogP contribution in [0.1, 0.15) is 55.2 Å². The van der Waals surface area contributed by atoms with Gasteiger partial charge in [0, 0.05) is 0 Å². The predicted molar refractivity (Wildman–Crippen MR) is 175 cm³/mol. The van der Waals surface area contributed by atoms with Gasteiger partial charge in [0.25, 0.3) is 11.8 Å². The van der Waals surface area contributed by atoms with Crippen LogP contribution in [-0.4, -0.2) is 17.8 Å². The maximum Gasteiger partial charge on any atom is 0.335 e. The Bertz CT molecular complexity index is 1650. The molecule has 4 saturated carbocycles. The van der Waals surface area contributed by atoms with Crippen molar-refractivity contribution in [2.45, 2.75) is 50.5 Å². The number of carbonyl (C=O) groups is 3. The molecule has 4 amide bonds. The maximum absolute atomic E-state index is 13.5. The Morgan fingerprint density at radius 3 is 2.19 bits per heavy atom. The molecular formula is C34H29Cl2IN2O4. The second kappa shape index (κ2) is 11.2. The zero-order valence-electron chi connectivity index (χ0n) is 23.2. The molecule has 0 aromatic heterocycles. The molecule has 0 spiro atoms. The molecule has 43 heavy (non-hydrogen) atoms. The number of barbiturate groups is 1. The molecule has 4 aliphatic carbocycles. The van der Waals surface area contributed by atoms with E-state index >= 15 is 0 Å². The first-order valence-corrected chi connectivity index (χ1v) is 16.4. The second-order valence-electron chi connectivity index (χ2n) is 12.4. The van der Waals surface area contributed by atoms with E-state index < -0.39 is 17.8 Å². The van der Waals surface area contributed by atoms with Crippen molar-refractivity contribution in [2.24, 2.45) is 17.8 Å². The monoisotopic (exact) mass is 726 g/mol. The van der Waals surface area contributed by atoms with Crippen LogP contribution in [0.5, 0.6) is 5.75 Å². The van der Waals surface area contributed by atoms with Gasteiger partial charge in [0.2, 0.25) is 0 Å². The Kier molecular flexibility index (Phi) is 7.54. The van der Waals surface area contributed by atoms with Crippen molar-refractivity contribution in [1.82, 2.24) is 5.32 Å². The van der Waals surface area contributed by atoms with Crippen molar-refractivity contribution in [3.8, 4) is 5.75 Å². The van der Waals surface area contributed by atoms with Crippen LogP contribution in [0.3, 0.4) is 0 Å². The number of imide groups is 2. The summed E-state index contributed by atoms with van der Waals surface area (Å²) in [5.74, 6) is 1.75. The fourth-order valence-electron chi connectivity index (χ4n) is 8.00. The van der Waals surface area contributed by atoms with Gasteiger partial charge in [-0.15, -0.1) is 0 Å². The van der Waals surface area contributed by atoms with Gasteiger partial charge in [-0.25, -0.2) is 9.69 Å². The lowest BCUT2D eigenvalue weighted by Crippen LogP contribution is -2.54. The van der Waals surface area contributed by atoms with Crippen molar-refractivity contribution in [3.05, 3.63) is 96.5 Å². The van der Waals surface area contributed by atoms with Gasteiger partial charge in [-0.2, -0.15) is 0 Å². The Morgan fingerprint density at radius 1 is 0.884 bits per heavy atom. The van der Waals surface area contributed by atoms with Gasteiger partial charge in [-0.05, 0) is 143 Å². The molecule has 6 nitrogen and oxygen atoms in total. The molecule has 5 fully saturated rings. The van der Waals surface area contributed by atoms with Crippen LogP contribution in [0, 0.1) is 21.3 Å². The summed E-state index contributed by atoms with van der Waals surface area (Å²) in [6.45, 7) is 0.299. The van der Waals surface area contributed by atoms with Gasteiger partial charge < -0.3 is 4.74 Å². The Balaban J connectivity index is 1.09. The fraction of sp³-hybridized carbons (Fsp3) is 0.324. The number of ether oxygens (including phenoxy) is 1. The predicted octanol–water partition coefficient (Wildman–Crippen LogP) is 8.31. The van der Waals surface area contributed by atoms with E-state index in [-0.39, 0.29) is 11.0 Å². The van der Waals surface area contributed by atoms with E-state index in [1.807, 2.05) is 24.3 Å². The quantitative estimate of drug-likeness (QED) is 0.158. The normalized spacial score (nSPS) is 27.1. The third-order valence-corrected chi connectivity index (χ3v) is 11.1. The molecule has 0 unspecified atom stereocenters. The molecule has 4 bridgehead atoms. The number of urea groups is 1. The van der Waals surface area contributed by atoms with E-state index in [1.165, 1.54) is 50.2 Å². The van der Waals surface area contributed by atoms with Gasteiger partial charge in [0.1, 0.15) is 17.9 Å². The van der Waals surface area contributed by atoms with Crippen LogP contribution < -0.4 is 15.0 Å². The first kappa shape index (κ1) is 28.9. The Hall–Kier alpha value is -2.88. The number of nitrogens with one attached hydrogen (secondary N) is 1. The minimum atomic E-state index is -0.740. The van der Waals surface area contributed by atoms with Crippen molar-refractivity contribution < 1.29 is 19.1 Å². The number of hydrogen-bond acceptors (Lipinski definition) is 4. The minimum absolute atomic E-state index is 0.106. The van der Waals surface area contributed by atoms with Crippen molar-refractivity contribution in [2.75, 3.05) is 4.90 Å². The Morgan fingerprint density at radius 2 is 1.56 bits per heavy atom. The number of benzene rings is 3. The van der Waals surface area contributed by atoms with Gasteiger partial charge in [0.15, 0.2) is 0 Å². The maximum atomic E-state index is 13.5. The SMILES string of the molecule is O=C1NC(=O)N(c2ccc(C34CC5CC(CC(C5)C3)C4)cc2)C(=O)/C1=C/c1ccc(OCc2ccc(Cl)c(Cl)c2)c(I)c1. The lowest BCUT2D eigenvalue weighted by Gasteiger charge is -2.57. The highest BCUT2D eigenvalue weighted by Crippen LogP contribution is 2.60. The third-order valence-electron chi connectivity index (χ3n) is 9.52. The summed E-state index contributed by atoms with van der Waals surface area (Å²) in [5, 5.41) is 3.28. The van der Waals surface area contributed by atoms with E-state index in [1.54, 1.807) is 24.3 Å². The molecule has 1 heterocycles. The molecule has 1 N–H and O–H groups in total. The lowest BCUT2D eigenvalue weighted by molar-refractivity contribution is -0.122. The van der Waals surface area contributed by atoms with E-state index in [9.17, 15) is 14.4 Å². The van der Waals surface area contributed by atoms with Gasteiger partial charge in [-0.3, -0.25) is 14.9 Å². The fourth-order valence-corrected chi connectivity index (χ4v) is 9.02. The molecule has 5 aliphatic rings. The zero-order chi connectivity index (χ0) is 29.9. The molecule has 9 heteroatoms. The molecule has 0 radical (unpaired) electrons. The van der Waals surface area contributed by atoms with Crippen LogP contribution >= 0.6 is 45.8 Å². The first-order valence-electron chi connectivity index (χ1n) is 14.6. The van der Waals surface area contributed by atoms with Gasteiger partial charge >= 0.3 is 6.03 Å². The third kappa shape index (κ3) is 5.49. The number of anilines is 1. The smallest absolute Gasteiger partial charge is 0.335 e. The van der Waals surface area contributed by atoms with E-state index in [4.69, 9.17) is 27.9 Å². The molecule has 0 atom stereocenters. The molecule has 1 saturated heterocycles. The summed E-state index contributed by atoms with van der Waals surface area (Å²) in [6, 6.07) is 17.8. The number of hydrogen-bond donors (Lipinski definition) is 1. The van der Waals surface area contributed by atoms with Crippen molar-refractivity contribution in [3.63, 3.8) is 0 Å². The molecule has 220 valence electrons. The number of nitrogens with zero attached hydrogens (tertiary/aromatic N) is 1. The lowest BCUT2D eigenvalue weighted by atomic mass is 9.48. The van der Waals surface area contributed by atoms with Gasteiger partial charge in [0.05, 0.1) is 19.3 Å². The average Bonchev–Trinajstić information content (AvgIpc) is 2.96. The number of rotatable bonds is 6. The first-order chi connectivity index (χ1) is 20.7. The molecular weight excluding hydrogens is 698 g/mol. The summed E-state index contributed by atoms with van der Waals surface area (Å²) >= 11 is 14.2. The van der Waals surface area contributed by atoms with Crippen LogP contribution in [0.2, 0.25) is 10.0 Å². The largest absolute Gasteiger partial charge is 0.488 e. The van der Waals surface area contributed by atoms with Crippen LogP contribution in [0.4, 0.5) is 10.5 Å². The topological polar surface area (TPSA) is 75.7 Å². The summed E-state index contributed by atoms with van der Waals surface area (Å²) in [4.78, 5) is 40.2. The van der Waals surface area contributed by atoms with E-state index in [2.05, 4.69) is 40.0 Å². The number of carbonyl (C=O) groups excluding carboxylic acids is 3. The molecule has 3 aromatic rings. The highest BCUT2D eigenvalue weighted by Gasteiger charge is 2.51. The minimum Gasteiger partial charge on any atom is -0.488 e. The van der Waals surface area contributed by atoms with E-state index in [0.29, 0.717) is 33.7 Å². The van der Waals surface area contributed by atoms with Gasteiger partial charge in [-0.1, -0.05) is 47.5 Å². The summed E-state index contributed by atoms with van der Waals surface area (Å²) < 4.78 is 6.75. The standard InChI is InChI=1S/C34H29Cl2IN2O4/c35-27-7-1-20(13-28(27)36)18-43-30-8-2-19(14-29(30)37)12-26-31(40)38-33(42)39(32(26)41)25-5-3-24(4-6-25)34-15-21-9-22(16-34)11-23(10-21)17-34/h1-8,12-14,21-23H,9-11,15-18H2,(H,38,40,42)/b26-12+. The summed E-state index contributed by atoms with van der Waals surface area (Å²) in [6.07, 6.45) is 9.33. The highest BCUT2D eigenvalue weighted by molar-refractivity contribution is 14.1. The Labute approximate surface area is 273 Å². The molecule has 3 aromatic carbocycles. The number of halogens is 3. The zero-order valence-corrected chi connectivity index (χ0v) is 26.9. The summed E-state index contributed by atoms with van der Waals surface area (Å²) in [5.41, 5.74) is 3.38. The summed E-state index contributed by atoms with van der Waals surface area (Å²) in [7, 11) is 0. The molecule has 1 aliphatic heterocycles. The highest BCUT2D eigenvalue weighted by atomic mass is 127.